The summed E-state index contributed by atoms with van der Waals surface area (Å²) in [5.41, 5.74) is 1.60. The van der Waals surface area contributed by atoms with E-state index < -0.39 is 0 Å². The number of benzene rings is 1. The summed E-state index contributed by atoms with van der Waals surface area (Å²) in [7, 11) is 2.79. The van der Waals surface area contributed by atoms with Crippen molar-refractivity contribution in [1.29, 1.82) is 0 Å². The molecular weight excluding hydrogens is 386 g/mol. The molecule has 1 aromatic carbocycles. The first-order valence-corrected chi connectivity index (χ1v) is 10.5. The molecule has 2 aliphatic rings. The van der Waals surface area contributed by atoms with Crippen LogP contribution in [0.3, 0.4) is 0 Å². The first-order valence-electron chi connectivity index (χ1n) is 10.5. The summed E-state index contributed by atoms with van der Waals surface area (Å²) in [4.78, 5) is 42.4. The van der Waals surface area contributed by atoms with Crippen LogP contribution in [0.2, 0.25) is 0 Å². The van der Waals surface area contributed by atoms with Crippen molar-refractivity contribution in [2.75, 3.05) is 58.4 Å². The Morgan fingerprint density at radius 2 is 1.63 bits per heavy atom. The molecule has 0 spiro atoms. The van der Waals surface area contributed by atoms with Gasteiger partial charge >= 0.3 is 11.9 Å². The van der Waals surface area contributed by atoms with Crippen LogP contribution in [0.1, 0.15) is 30.1 Å². The molecule has 0 N–H and O–H groups in total. The molecule has 0 bridgehead atoms. The highest BCUT2D eigenvalue weighted by Crippen LogP contribution is 2.22. The molecule has 1 amide bonds. The molecule has 30 heavy (non-hydrogen) atoms. The van der Waals surface area contributed by atoms with Gasteiger partial charge in [-0.3, -0.25) is 14.5 Å². The molecule has 0 saturated carbocycles. The predicted octanol–water partition coefficient (Wildman–Crippen LogP) is 1.40. The quantitative estimate of drug-likeness (QED) is 0.670. The van der Waals surface area contributed by atoms with Crippen molar-refractivity contribution in [2.24, 2.45) is 5.92 Å². The molecule has 1 aromatic rings. The van der Waals surface area contributed by atoms with Gasteiger partial charge in [0.2, 0.25) is 5.91 Å². The van der Waals surface area contributed by atoms with Crippen LogP contribution in [-0.4, -0.2) is 87.2 Å². The van der Waals surface area contributed by atoms with Crippen molar-refractivity contribution in [3.05, 3.63) is 29.8 Å². The molecule has 2 saturated heterocycles. The number of hydrogen-bond acceptors (Lipinski definition) is 7. The van der Waals surface area contributed by atoms with Gasteiger partial charge in [0.15, 0.2) is 0 Å². The zero-order valence-corrected chi connectivity index (χ0v) is 18.0. The van der Waals surface area contributed by atoms with Crippen LogP contribution in [-0.2, 0) is 19.1 Å². The lowest BCUT2D eigenvalue weighted by Crippen LogP contribution is -2.55. The molecule has 1 unspecified atom stereocenters. The first-order chi connectivity index (χ1) is 14.4. The second-order valence-corrected chi connectivity index (χ2v) is 7.98. The Labute approximate surface area is 177 Å². The Balaban J connectivity index is 1.49. The minimum Gasteiger partial charge on any atom is -0.469 e. The van der Waals surface area contributed by atoms with Crippen molar-refractivity contribution >= 4 is 23.5 Å². The summed E-state index contributed by atoms with van der Waals surface area (Å²) in [5.74, 6) is -0.478. The first kappa shape index (κ1) is 22.1. The molecule has 2 aliphatic heterocycles. The molecule has 2 heterocycles. The van der Waals surface area contributed by atoms with E-state index in [-0.39, 0.29) is 29.8 Å². The Bertz CT molecular complexity index is 759. The van der Waals surface area contributed by atoms with Crippen LogP contribution in [0.5, 0.6) is 0 Å². The monoisotopic (exact) mass is 417 g/mol. The second kappa shape index (κ2) is 9.93. The minimum atomic E-state index is -0.339. The predicted molar refractivity (Wildman–Crippen MR) is 112 cm³/mol. The highest BCUT2D eigenvalue weighted by molar-refractivity contribution is 5.89. The molecule has 1 atom stereocenters. The molecule has 8 heteroatoms. The van der Waals surface area contributed by atoms with Crippen LogP contribution in [0.4, 0.5) is 5.69 Å². The molecule has 0 radical (unpaired) electrons. The number of piperazine rings is 1. The zero-order valence-electron chi connectivity index (χ0n) is 18.0. The summed E-state index contributed by atoms with van der Waals surface area (Å²) in [5, 5.41) is 0. The number of carbonyl (C=O) groups is 3. The van der Waals surface area contributed by atoms with E-state index in [1.165, 1.54) is 14.2 Å². The smallest absolute Gasteiger partial charge is 0.337 e. The van der Waals surface area contributed by atoms with E-state index in [9.17, 15) is 14.4 Å². The van der Waals surface area contributed by atoms with Crippen molar-refractivity contribution in [2.45, 2.75) is 25.8 Å². The summed E-state index contributed by atoms with van der Waals surface area (Å²) in [6.45, 7) is 6.18. The van der Waals surface area contributed by atoms with Crippen LogP contribution in [0.25, 0.3) is 0 Å². The number of rotatable bonds is 5. The molecule has 164 valence electrons. The van der Waals surface area contributed by atoms with E-state index in [2.05, 4.69) is 16.7 Å². The number of ether oxygens (including phenoxy) is 2. The number of piperidine rings is 1. The summed E-state index contributed by atoms with van der Waals surface area (Å²) < 4.78 is 9.56. The lowest BCUT2D eigenvalue weighted by atomic mass is 9.97. The molecule has 0 aromatic heterocycles. The average molecular weight is 418 g/mol. The number of esters is 2. The van der Waals surface area contributed by atoms with Gasteiger partial charge in [0.05, 0.1) is 32.2 Å². The Hall–Kier alpha value is -2.61. The minimum absolute atomic E-state index is 0.0907. The lowest BCUT2D eigenvalue weighted by Gasteiger charge is -2.41. The van der Waals surface area contributed by atoms with Crippen LogP contribution in [0.15, 0.2) is 24.3 Å². The van der Waals surface area contributed by atoms with E-state index >= 15 is 0 Å². The van der Waals surface area contributed by atoms with Crippen LogP contribution >= 0.6 is 0 Å². The normalized spacial score (nSPS) is 20.7. The third-order valence-corrected chi connectivity index (χ3v) is 6.14. The van der Waals surface area contributed by atoms with Gasteiger partial charge in [-0.2, -0.15) is 0 Å². The molecular formula is C22H31N3O5. The fourth-order valence-electron chi connectivity index (χ4n) is 4.20. The maximum absolute atomic E-state index is 12.7. The topological polar surface area (TPSA) is 79.4 Å². The second-order valence-electron chi connectivity index (χ2n) is 7.98. The summed E-state index contributed by atoms with van der Waals surface area (Å²) in [6, 6.07) is 7.66. The Kier molecular flexibility index (Phi) is 7.31. The third-order valence-electron chi connectivity index (χ3n) is 6.14. The maximum atomic E-state index is 12.7. The molecule has 2 fully saturated rings. The maximum Gasteiger partial charge on any atom is 0.337 e. The van der Waals surface area contributed by atoms with Gasteiger partial charge in [-0.05, 0) is 44.0 Å². The molecule has 0 aliphatic carbocycles. The number of methoxy groups -OCH3 is 2. The van der Waals surface area contributed by atoms with E-state index in [0.717, 1.165) is 25.3 Å². The zero-order chi connectivity index (χ0) is 21.7. The fraction of sp³-hybridized carbons (Fsp3) is 0.591. The number of hydrogen-bond donors (Lipinski definition) is 0. The number of carbonyl (C=O) groups excluding carboxylic acids is 3. The van der Waals surface area contributed by atoms with E-state index in [1.807, 2.05) is 17.0 Å². The number of likely N-dealkylation sites (tertiary alicyclic amines) is 1. The van der Waals surface area contributed by atoms with Gasteiger partial charge in [-0.25, -0.2) is 4.79 Å². The van der Waals surface area contributed by atoms with Gasteiger partial charge in [-0.15, -0.1) is 0 Å². The van der Waals surface area contributed by atoms with E-state index in [4.69, 9.17) is 9.47 Å². The lowest BCUT2D eigenvalue weighted by molar-refractivity contribution is -0.149. The third kappa shape index (κ3) is 5.11. The SMILES string of the molecule is COC(=O)c1ccc(N2CCN(CC(=O)N3CCC(C(=O)OC)CC3)C(C)C2)cc1. The van der Waals surface area contributed by atoms with Gasteiger partial charge in [0, 0.05) is 44.5 Å². The summed E-state index contributed by atoms with van der Waals surface area (Å²) in [6.07, 6.45) is 1.34. The highest BCUT2D eigenvalue weighted by atomic mass is 16.5. The van der Waals surface area contributed by atoms with E-state index in [0.29, 0.717) is 38.0 Å². The van der Waals surface area contributed by atoms with Gasteiger partial charge in [-0.1, -0.05) is 0 Å². The highest BCUT2D eigenvalue weighted by Gasteiger charge is 2.31. The number of nitrogens with zero attached hydrogens (tertiary/aromatic N) is 3. The largest absolute Gasteiger partial charge is 0.469 e. The van der Waals surface area contributed by atoms with Gasteiger partial charge in [0.1, 0.15) is 0 Å². The Morgan fingerprint density at radius 1 is 0.967 bits per heavy atom. The molecule has 8 nitrogen and oxygen atoms in total. The van der Waals surface area contributed by atoms with Gasteiger partial charge in [0.25, 0.3) is 0 Å². The van der Waals surface area contributed by atoms with Crippen LogP contribution in [0, 0.1) is 5.92 Å². The number of amides is 1. The standard InChI is InChI=1S/C22H31N3O5/c1-16-14-25(19-6-4-17(5-7-19)21(27)29-2)13-12-24(16)15-20(26)23-10-8-18(9-11-23)22(28)30-3/h4-7,16,18H,8-15H2,1-3H3. The van der Waals surface area contributed by atoms with Crippen molar-refractivity contribution in [3.63, 3.8) is 0 Å². The van der Waals surface area contributed by atoms with Crippen molar-refractivity contribution < 1.29 is 23.9 Å². The van der Waals surface area contributed by atoms with Crippen molar-refractivity contribution in [1.82, 2.24) is 9.80 Å². The van der Waals surface area contributed by atoms with Gasteiger partial charge < -0.3 is 19.3 Å². The average Bonchev–Trinajstić information content (AvgIpc) is 2.79. The van der Waals surface area contributed by atoms with E-state index in [1.54, 1.807) is 12.1 Å². The van der Waals surface area contributed by atoms with Crippen molar-refractivity contribution in [3.8, 4) is 0 Å². The number of anilines is 1. The van der Waals surface area contributed by atoms with Crippen LogP contribution < -0.4 is 4.90 Å². The Morgan fingerprint density at radius 3 is 2.20 bits per heavy atom. The fourth-order valence-corrected chi connectivity index (χ4v) is 4.20. The molecule has 3 rings (SSSR count). The summed E-state index contributed by atoms with van der Waals surface area (Å²) >= 11 is 0.